The minimum atomic E-state index is -0.971. The highest BCUT2D eigenvalue weighted by molar-refractivity contribution is 5.97. The average Bonchev–Trinajstić information content (AvgIpc) is 2.62. The van der Waals surface area contributed by atoms with Gasteiger partial charge in [0.1, 0.15) is 0 Å². The van der Waals surface area contributed by atoms with Gasteiger partial charge in [0.25, 0.3) is 5.91 Å². The van der Waals surface area contributed by atoms with Crippen LogP contribution in [-0.4, -0.2) is 23.9 Å². The highest BCUT2D eigenvalue weighted by Crippen LogP contribution is 2.25. The normalized spacial score (nSPS) is 12.1. The number of hydrogen-bond acceptors (Lipinski definition) is 4. The van der Waals surface area contributed by atoms with E-state index in [-0.39, 0.29) is 0 Å². The van der Waals surface area contributed by atoms with Crippen LogP contribution in [0, 0.1) is 0 Å². The number of ether oxygens (including phenoxy) is 1. The van der Waals surface area contributed by atoms with Crippen molar-refractivity contribution in [2.24, 2.45) is 5.73 Å². The Morgan fingerprint density at radius 2 is 1.58 bits per heavy atom. The van der Waals surface area contributed by atoms with Crippen molar-refractivity contribution in [3.8, 4) is 0 Å². The lowest BCUT2D eigenvalue weighted by Crippen LogP contribution is -2.37. The molecule has 6 heteroatoms. The zero-order chi connectivity index (χ0) is 19.3. The van der Waals surface area contributed by atoms with E-state index in [1.54, 1.807) is 26.0 Å². The maximum absolute atomic E-state index is 12.5. The summed E-state index contributed by atoms with van der Waals surface area (Å²) in [6, 6.07) is 15.4. The van der Waals surface area contributed by atoms with Crippen molar-refractivity contribution < 1.29 is 19.1 Å². The number of anilines is 1. The Balaban J connectivity index is 2.00. The summed E-state index contributed by atoms with van der Waals surface area (Å²) in [6.07, 6.45) is -0.971. The molecule has 2 rings (SSSR count). The fraction of sp³-hybridized carbons (Fsp3) is 0.250. The number of nitrogens with one attached hydrogen (secondary N) is 1. The van der Waals surface area contributed by atoms with Gasteiger partial charge in [-0.05, 0) is 50.6 Å². The predicted octanol–water partition coefficient (Wildman–Crippen LogP) is 2.63. The van der Waals surface area contributed by atoms with E-state index in [0.717, 1.165) is 5.56 Å². The molecule has 6 nitrogen and oxygen atoms in total. The zero-order valence-corrected chi connectivity index (χ0v) is 15.0. The van der Waals surface area contributed by atoms with Gasteiger partial charge >= 0.3 is 5.97 Å². The van der Waals surface area contributed by atoms with Gasteiger partial charge in [-0.2, -0.15) is 0 Å². The summed E-state index contributed by atoms with van der Waals surface area (Å²) in [5, 5.41) is 2.64. The van der Waals surface area contributed by atoms with Crippen LogP contribution in [0.1, 0.15) is 36.7 Å². The summed E-state index contributed by atoms with van der Waals surface area (Å²) in [6.45, 7) is 5.00. The van der Waals surface area contributed by atoms with Gasteiger partial charge in [0.15, 0.2) is 6.10 Å². The first kappa shape index (κ1) is 19.2. The summed E-state index contributed by atoms with van der Waals surface area (Å²) >= 11 is 0. The van der Waals surface area contributed by atoms with Crippen molar-refractivity contribution in [3.63, 3.8) is 0 Å². The van der Waals surface area contributed by atoms with Crippen molar-refractivity contribution in [2.75, 3.05) is 5.32 Å². The second kappa shape index (κ2) is 7.82. The third-order valence-corrected chi connectivity index (χ3v) is 4.10. The highest BCUT2D eigenvalue weighted by Gasteiger charge is 2.33. The van der Waals surface area contributed by atoms with E-state index >= 15 is 0 Å². The van der Waals surface area contributed by atoms with Crippen molar-refractivity contribution >= 4 is 23.5 Å². The van der Waals surface area contributed by atoms with Gasteiger partial charge in [-0.3, -0.25) is 14.4 Å². The summed E-state index contributed by atoms with van der Waals surface area (Å²) in [5.41, 5.74) is 5.92. The number of rotatable bonds is 6. The first-order valence-electron chi connectivity index (χ1n) is 8.19. The molecule has 0 aromatic heterocycles. The minimum Gasteiger partial charge on any atom is -0.452 e. The molecule has 0 aliphatic carbocycles. The Morgan fingerprint density at radius 1 is 1.00 bits per heavy atom. The Bertz CT molecular complexity index is 798. The zero-order valence-electron chi connectivity index (χ0n) is 15.0. The van der Waals surface area contributed by atoms with E-state index in [1.165, 1.54) is 19.1 Å². The van der Waals surface area contributed by atoms with Gasteiger partial charge in [-0.15, -0.1) is 0 Å². The molecule has 0 fully saturated rings. The Hall–Kier alpha value is -3.15. The number of benzene rings is 2. The van der Waals surface area contributed by atoms with E-state index in [0.29, 0.717) is 11.3 Å². The van der Waals surface area contributed by atoms with Crippen LogP contribution in [-0.2, 0) is 19.7 Å². The van der Waals surface area contributed by atoms with Gasteiger partial charge in [0.2, 0.25) is 5.91 Å². The topological polar surface area (TPSA) is 98.5 Å². The summed E-state index contributed by atoms with van der Waals surface area (Å²) < 4.78 is 5.34. The predicted molar refractivity (Wildman–Crippen MR) is 98.6 cm³/mol. The molecule has 136 valence electrons. The van der Waals surface area contributed by atoms with Crippen molar-refractivity contribution in [3.05, 3.63) is 65.7 Å². The van der Waals surface area contributed by atoms with Gasteiger partial charge in [-0.1, -0.05) is 30.3 Å². The van der Waals surface area contributed by atoms with Gasteiger partial charge in [-0.25, -0.2) is 0 Å². The van der Waals surface area contributed by atoms with Gasteiger partial charge in [0.05, 0.1) is 5.41 Å². The lowest BCUT2D eigenvalue weighted by atomic mass is 9.85. The molecule has 0 bridgehead atoms. The Morgan fingerprint density at radius 3 is 2.12 bits per heavy atom. The molecule has 2 aromatic carbocycles. The number of hydrogen-bond donors (Lipinski definition) is 2. The SMILES string of the molecule is C[C@H](OC(=O)C(C)(C)c1ccccc1)C(=O)Nc1ccc(C(N)=O)cc1. The molecule has 0 spiro atoms. The fourth-order valence-electron chi connectivity index (χ4n) is 2.30. The highest BCUT2D eigenvalue weighted by atomic mass is 16.5. The molecule has 2 aromatic rings. The summed E-state index contributed by atoms with van der Waals surface area (Å²) in [7, 11) is 0. The number of carbonyl (C=O) groups is 3. The molecule has 26 heavy (non-hydrogen) atoms. The van der Waals surface area contributed by atoms with Crippen LogP contribution in [0.2, 0.25) is 0 Å². The van der Waals surface area contributed by atoms with Crippen LogP contribution in [0.15, 0.2) is 54.6 Å². The maximum Gasteiger partial charge on any atom is 0.316 e. The maximum atomic E-state index is 12.5. The molecule has 1 atom stereocenters. The largest absolute Gasteiger partial charge is 0.452 e. The summed E-state index contributed by atoms with van der Waals surface area (Å²) in [4.78, 5) is 35.8. The molecule has 0 saturated carbocycles. The van der Waals surface area contributed by atoms with E-state index < -0.39 is 29.3 Å². The van der Waals surface area contributed by atoms with Gasteiger partial charge < -0.3 is 15.8 Å². The molecule has 3 N–H and O–H groups in total. The number of nitrogens with two attached hydrogens (primary N) is 1. The van der Waals surface area contributed by atoms with E-state index in [1.807, 2.05) is 30.3 Å². The van der Waals surface area contributed by atoms with Crippen molar-refractivity contribution in [2.45, 2.75) is 32.3 Å². The second-order valence-corrected chi connectivity index (χ2v) is 6.47. The number of esters is 1. The van der Waals surface area contributed by atoms with Crippen LogP contribution >= 0.6 is 0 Å². The molecule has 0 aliphatic rings. The van der Waals surface area contributed by atoms with Crippen LogP contribution < -0.4 is 11.1 Å². The quantitative estimate of drug-likeness (QED) is 0.779. The van der Waals surface area contributed by atoms with Crippen molar-refractivity contribution in [1.82, 2.24) is 0 Å². The van der Waals surface area contributed by atoms with Crippen LogP contribution in [0.5, 0.6) is 0 Å². The number of amides is 2. The second-order valence-electron chi connectivity index (χ2n) is 6.47. The lowest BCUT2D eigenvalue weighted by Gasteiger charge is -2.25. The monoisotopic (exact) mass is 354 g/mol. The minimum absolute atomic E-state index is 0.340. The molecule has 0 unspecified atom stereocenters. The molecule has 0 saturated heterocycles. The fourth-order valence-corrected chi connectivity index (χ4v) is 2.30. The van der Waals surface area contributed by atoms with E-state index in [2.05, 4.69) is 5.32 Å². The van der Waals surface area contributed by atoms with Crippen LogP contribution in [0.25, 0.3) is 0 Å². The molecular formula is C20H22N2O4. The third-order valence-electron chi connectivity index (χ3n) is 4.10. The van der Waals surface area contributed by atoms with Crippen LogP contribution in [0.3, 0.4) is 0 Å². The average molecular weight is 354 g/mol. The van der Waals surface area contributed by atoms with Gasteiger partial charge in [0, 0.05) is 11.3 Å². The number of carbonyl (C=O) groups excluding carboxylic acids is 3. The van der Waals surface area contributed by atoms with E-state index in [9.17, 15) is 14.4 Å². The Kier molecular flexibility index (Phi) is 5.77. The molecule has 0 aliphatic heterocycles. The smallest absolute Gasteiger partial charge is 0.316 e. The standard InChI is InChI=1S/C20H22N2O4/c1-13(18(24)22-16-11-9-14(10-12-16)17(21)23)26-19(25)20(2,3)15-7-5-4-6-8-15/h4-13H,1-3H3,(H2,21,23)(H,22,24)/t13-/m0/s1. The first-order valence-corrected chi connectivity index (χ1v) is 8.19. The third kappa shape index (κ3) is 4.47. The summed E-state index contributed by atoms with van der Waals surface area (Å²) in [5.74, 6) is -1.50. The molecule has 0 heterocycles. The molecular weight excluding hydrogens is 332 g/mol. The first-order chi connectivity index (χ1) is 12.2. The van der Waals surface area contributed by atoms with E-state index in [4.69, 9.17) is 10.5 Å². The molecule has 0 radical (unpaired) electrons. The van der Waals surface area contributed by atoms with Crippen molar-refractivity contribution in [1.29, 1.82) is 0 Å². The lowest BCUT2D eigenvalue weighted by molar-refractivity contribution is -0.158. The molecule has 2 amide bonds. The van der Waals surface area contributed by atoms with Crippen LogP contribution in [0.4, 0.5) is 5.69 Å². The Labute approximate surface area is 152 Å². The number of primary amides is 1.